The molecule has 1 aliphatic rings. The molecule has 1 fully saturated rings. The number of aliphatic hydroxyl groups is 1. The average molecular weight is 282 g/mol. The van der Waals surface area contributed by atoms with E-state index in [1.54, 1.807) is 7.11 Å². The third kappa shape index (κ3) is 5.36. The van der Waals surface area contributed by atoms with Crippen LogP contribution in [0, 0.1) is 0 Å². The number of hydrogen-bond donors (Lipinski definition) is 2. The van der Waals surface area contributed by atoms with Crippen molar-refractivity contribution in [3.63, 3.8) is 0 Å². The summed E-state index contributed by atoms with van der Waals surface area (Å²) in [6, 6.07) is 0.0484. The standard InChI is InChI=1S/C9H20BO7P/c1-14-7-4-9(10)17-8(7)5-16-18(12,13)6-15-3-2-11/h7-9,11H,2-6,10H2,1H3,(H,12,13). The minimum atomic E-state index is -3.80. The van der Waals surface area contributed by atoms with E-state index in [2.05, 4.69) is 0 Å². The molecule has 1 aliphatic heterocycles. The van der Waals surface area contributed by atoms with E-state index in [0.717, 1.165) is 6.42 Å². The van der Waals surface area contributed by atoms with Gasteiger partial charge in [0.15, 0.2) is 0 Å². The molecule has 18 heavy (non-hydrogen) atoms. The zero-order chi connectivity index (χ0) is 13.6. The van der Waals surface area contributed by atoms with Crippen LogP contribution in [0.25, 0.3) is 0 Å². The van der Waals surface area contributed by atoms with Crippen molar-refractivity contribution in [1.82, 2.24) is 0 Å². The van der Waals surface area contributed by atoms with Gasteiger partial charge in [0.25, 0.3) is 0 Å². The van der Waals surface area contributed by atoms with Crippen LogP contribution in [0.3, 0.4) is 0 Å². The molecule has 4 atom stereocenters. The van der Waals surface area contributed by atoms with Crippen LogP contribution in [-0.2, 0) is 23.3 Å². The maximum Gasteiger partial charge on any atom is 0.353 e. The largest absolute Gasteiger partial charge is 0.394 e. The highest BCUT2D eigenvalue weighted by Crippen LogP contribution is 2.42. The van der Waals surface area contributed by atoms with Gasteiger partial charge in [0.1, 0.15) is 20.3 Å². The lowest BCUT2D eigenvalue weighted by molar-refractivity contribution is -0.0183. The Kier molecular flexibility index (Phi) is 6.80. The van der Waals surface area contributed by atoms with Gasteiger partial charge in [-0.25, -0.2) is 0 Å². The maximum atomic E-state index is 11.6. The minimum Gasteiger partial charge on any atom is -0.394 e. The fraction of sp³-hybridized carbons (Fsp3) is 1.00. The summed E-state index contributed by atoms with van der Waals surface area (Å²) < 4.78 is 32.0. The van der Waals surface area contributed by atoms with E-state index in [1.807, 2.05) is 7.85 Å². The van der Waals surface area contributed by atoms with Crippen molar-refractivity contribution in [3.05, 3.63) is 0 Å². The summed E-state index contributed by atoms with van der Waals surface area (Å²) in [5.41, 5.74) is 0. The predicted molar refractivity (Wildman–Crippen MR) is 66.3 cm³/mol. The van der Waals surface area contributed by atoms with Crippen molar-refractivity contribution in [1.29, 1.82) is 0 Å². The highest BCUT2D eigenvalue weighted by atomic mass is 31.2. The van der Waals surface area contributed by atoms with Gasteiger partial charge in [-0.15, -0.1) is 0 Å². The molecule has 1 rings (SSSR count). The molecule has 0 aromatic heterocycles. The van der Waals surface area contributed by atoms with E-state index < -0.39 is 13.9 Å². The molecule has 4 unspecified atom stereocenters. The second-order valence-electron chi connectivity index (χ2n) is 4.19. The molecule has 1 heterocycles. The van der Waals surface area contributed by atoms with Crippen LogP contribution in [-0.4, -0.2) is 69.3 Å². The Morgan fingerprint density at radius 1 is 1.56 bits per heavy atom. The van der Waals surface area contributed by atoms with Crippen LogP contribution < -0.4 is 0 Å². The third-order valence-corrected chi connectivity index (χ3v) is 3.68. The molecule has 0 radical (unpaired) electrons. The lowest BCUT2D eigenvalue weighted by Gasteiger charge is -2.19. The molecule has 0 aromatic carbocycles. The third-order valence-electron chi connectivity index (χ3n) is 2.62. The van der Waals surface area contributed by atoms with Gasteiger partial charge in [-0.05, 0) is 6.42 Å². The van der Waals surface area contributed by atoms with Gasteiger partial charge in [-0.3, -0.25) is 4.57 Å². The molecule has 0 bridgehead atoms. The summed E-state index contributed by atoms with van der Waals surface area (Å²) in [6.07, 6.45) is -0.170. The minimum absolute atomic E-state index is 0.00552. The van der Waals surface area contributed by atoms with Gasteiger partial charge in [0, 0.05) is 13.1 Å². The van der Waals surface area contributed by atoms with Gasteiger partial charge < -0.3 is 28.7 Å². The van der Waals surface area contributed by atoms with Gasteiger partial charge in [-0.1, -0.05) is 0 Å². The molecule has 2 N–H and O–H groups in total. The number of hydrogen-bond acceptors (Lipinski definition) is 6. The van der Waals surface area contributed by atoms with Crippen LogP contribution in [0.2, 0.25) is 0 Å². The molecule has 0 saturated carbocycles. The monoisotopic (exact) mass is 282 g/mol. The summed E-state index contributed by atoms with van der Waals surface area (Å²) in [5, 5.41) is 8.49. The summed E-state index contributed by atoms with van der Waals surface area (Å²) in [7, 11) is -0.317. The Bertz CT molecular complexity index is 290. The van der Waals surface area contributed by atoms with E-state index in [-0.39, 0.29) is 38.0 Å². The zero-order valence-electron chi connectivity index (χ0n) is 10.7. The maximum absolute atomic E-state index is 11.6. The van der Waals surface area contributed by atoms with E-state index in [1.165, 1.54) is 0 Å². The molecule has 0 spiro atoms. The van der Waals surface area contributed by atoms with Crippen molar-refractivity contribution in [2.75, 3.05) is 33.3 Å². The Morgan fingerprint density at radius 2 is 2.28 bits per heavy atom. The lowest BCUT2D eigenvalue weighted by atomic mass is 9.96. The average Bonchev–Trinajstić information content (AvgIpc) is 2.67. The molecular weight excluding hydrogens is 262 g/mol. The number of methoxy groups -OCH3 is 1. The smallest absolute Gasteiger partial charge is 0.353 e. The fourth-order valence-electron chi connectivity index (χ4n) is 1.79. The molecular formula is C9H20BO7P. The summed E-state index contributed by atoms with van der Waals surface area (Å²) in [5.74, 6) is 0. The summed E-state index contributed by atoms with van der Waals surface area (Å²) in [4.78, 5) is 9.46. The van der Waals surface area contributed by atoms with E-state index in [4.69, 9.17) is 23.8 Å². The molecule has 0 aliphatic carbocycles. The zero-order valence-corrected chi connectivity index (χ0v) is 11.5. The number of rotatable bonds is 8. The van der Waals surface area contributed by atoms with E-state index in [9.17, 15) is 9.46 Å². The Hall–Kier alpha value is 0.0549. The number of aliphatic hydroxyl groups excluding tert-OH is 1. The van der Waals surface area contributed by atoms with Gasteiger partial charge >= 0.3 is 7.60 Å². The van der Waals surface area contributed by atoms with Crippen LogP contribution >= 0.6 is 7.60 Å². The molecule has 0 aromatic rings. The van der Waals surface area contributed by atoms with Crippen molar-refractivity contribution in [3.8, 4) is 0 Å². The van der Waals surface area contributed by atoms with Crippen molar-refractivity contribution < 1.29 is 33.3 Å². The normalized spacial score (nSPS) is 31.4. The summed E-state index contributed by atoms with van der Waals surface area (Å²) in [6.45, 7) is -0.209. The number of ether oxygens (including phenoxy) is 3. The second-order valence-corrected chi connectivity index (χ2v) is 5.98. The Balaban J connectivity index is 2.32. The van der Waals surface area contributed by atoms with Crippen LogP contribution in [0.5, 0.6) is 0 Å². The first kappa shape index (κ1) is 16.1. The Morgan fingerprint density at radius 3 is 2.89 bits per heavy atom. The van der Waals surface area contributed by atoms with E-state index >= 15 is 0 Å². The van der Waals surface area contributed by atoms with Crippen LogP contribution in [0.15, 0.2) is 0 Å². The first-order valence-electron chi connectivity index (χ1n) is 5.81. The van der Waals surface area contributed by atoms with Crippen molar-refractivity contribution >= 4 is 15.4 Å². The molecule has 7 nitrogen and oxygen atoms in total. The molecule has 106 valence electrons. The fourth-order valence-corrected chi connectivity index (χ4v) is 2.60. The molecule has 9 heteroatoms. The molecule has 1 saturated heterocycles. The van der Waals surface area contributed by atoms with Gasteiger partial charge in [0.2, 0.25) is 0 Å². The van der Waals surface area contributed by atoms with Crippen LogP contribution in [0.1, 0.15) is 6.42 Å². The highest BCUT2D eigenvalue weighted by molar-refractivity contribution is 7.52. The Labute approximate surface area is 107 Å². The predicted octanol–water partition coefficient (Wildman–Crippen LogP) is -1.08. The lowest BCUT2D eigenvalue weighted by Crippen LogP contribution is -2.28. The second kappa shape index (κ2) is 7.60. The van der Waals surface area contributed by atoms with Gasteiger partial charge in [-0.2, -0.15) is 0 Å². The van der Waals surface area contributed by atoms with Crippen LogP contribution in [0.4, 0.5) is 0 Å². The quantitative estimate of drug-likeness (QED) is 0.332. The van der Waals surface area contributed by atoms with E-state index in [0.29, 0.717) is 0 Å². The topological polar surface area (TPSA) is 94.5 Å². The van der Waals surface area contributed by atoms with Crippen molar-refractivity contribution in [2.24, 2.45) is 0 Å². The first-order chi connectivity index (χ1) is 8.48. The summed E-state index contributed by atoms with van der Waals surface area (Å²) >= 11 is 0. The highest BCUT2D eigenvalue weighted by Gasteiger charge is 2.34. The first-order valence-corrected chi connectivity index (χ1v) is 7.58. The van der Waals surface area contributed by atoms with Crippen molar-refractivity contribution in [2.45, 2.75) is 24.6 Å². The SMILES string of the molecule is BC1CC(OC)C(COP(=O)(O)COCCO)O1. The van der Waals surface area contributed by atoms with Gasteiger partial charge in [0.05, 0.1) is 25.9 Å². The molecule has 0 amide bonds.